The van der Waals surface area contributed by atoms with Crippen molar-refractivity contribution in [2.45, 2.75) is 58.2 Å². The van der Waals surface area contributed by atoms with Crippen LogP contribution in [0.4, 0.5) is 0 Å². The van der Waals surface area contributed by atoms with Crippen LogP contribution < -0.4 is 5.32 Å². The second-order valence-corrected chi connectivity index (χ2v) is 7.99. The number of aliphatic hydroxyl groups excluding tert-OH is 1. The molecule has 0 spiro atoms. The number of likely N-dealkylation sites (tertiary alicyclic amines) is 2. The van der Waals surface area contributed by atoms with Crippen molar-refractivity contribution < 1.29 is 14.4 Å². The fourth-order valence-electron chi connectivity index (χ4n) is 3.85. The molecule has 7 nitrogen and oxygen atoms in total. The Morgan fingerprint density at radius 1 is 1.35 bits per heavy atom. The number of hydrogen-bond donors (Lipinski definition) is 2. The summed E-state index contributed by atoms with van der Waals surface area (Å²) in [7, 11) is 0. The van der Waals surface area contributed by atoms with Gasteiger partial charge in [0.05, 0.1) is 12.6 Å². The first-order valence-electron chi connectivity index (χ1n) is 9.89. The standard InChI is InChI=1S/C19H32N4O3/c1-14(2)23-7-3-4-15(12-23)11-20-19(25)18-10-17(26-21-18)13-22-8-5-16(24)6-9-22/h10,14-16,24H,3-9,11-13H2,1-2H3,(H,20,25)/t15-/m1/s1. The highest BCUT2D eigenvalue weighted by Crippen LogP contribution is 2.18. The fourth-order valence-corrected chi connectivity index (χ4v) is 3.85. The minimum atomic E-state index is -0.186. The normalized spacial score (nSPS) is 23.5. The van der Waals surface area contributed by atoms with E-state index in [2.05, 4.69) is 34.1 Å². The quantitative estimate of drug-likeness (QED) is 0.796. The molecule has 3 heterocycles. The predicted octanol–water partition coefficient (Wildman–Crippen LogP) is 1.48. The van der Waals surface area contributed by atoms with Gasteiger partial charge in [-0.25, -0.2) is 0 Å². The molecule has 1 aromatic heterocycles. The van der Waals surface area contributed by atoms with E-state index >= 15 is 0 Å². The van der Waals surface area contributed by atoms with Gasteiger partial charge in [0.2, 0.25) is 0 Å². The van der Waals surface area contributed by atoms with E-state index in [0.29, 0.717) is 36.5 Å². The molecule has 1 atom stereocenters. The van der Waals surface area contributed by atoms with Gasteiger partial charge in [-0.05, 0) is 52.0 Å². The number of aliphatic hydroxyl groups is 1. The maximum atomic E-state index is 12.4. The average molecular weight is 364 g/mol. The molecule has 2 fully saturated rings. The highest BCUT2D eigenvalue weighted by atomic mass is 16.5. The van der Waals surface area contributed by atoms with Crippen molar-refractivity contribution in [1.82, 2.24) is 20.3 Å². The van der Waals surface area contributed by atoms with E-state index in [1.807, 2.05) is 0 Å². The number of nitrogens with zero attached hydrogens (tertiary/aromatic N) is 3. The second kappa shape index (κ2) is 8.97. The predicted molar refractivity (Wildman–Crippen MR) is 98.8 cm³/mol. The van der Waals surface area contributed by atoms with Gasteiger partial charge in [-0.2, -0.15) is 0 Å². The lowest BCUT2D eigenvalue weighted by atomic mass is 9.97. The highest BCUT2D eigenvalue weighted by Gasteiger charge is 2.23. The summed E-state index contributed by atoms with van der Waals surface area (Å²) in [5.41, 5.74) is 0.355. The molecule has 146 valence electrons. The zero-order valence-corrected chi connectivity index (χ0v) is 16.0. The Bertz CT molecular complexity index is 581. The number of piperidine rings is 2. The van der Waals surface area contributed by atoms with E-state index in [9.17, 15) is 9.90 Å². The van der Waals surface area contributed by atoms with E-state index in [0.717, 1.165) is 45.4 Å². The molecule has 26 heavy (non-hydrogen) atoms. The van der Waals surface area contributed by atoms with Crippen LogP contribution in [-0.4, -0.2) is 70.8 Å². The maximum Gasteiger partial charge on any atom is 0.273 e. The summed E-state index contributed by atoms with van der Waals surface area (Å²) in [6.07, 6.45) is 3.74. The summed E-state index contributed by atoms with van der Waals surface area (Å²) >= 11 is 0. The van der Waals surface area contributed by atoms with E-state index in [-0.39, 0.29) is 12.0 Å². The lowest BCUT2D eigenvalue weighted by Gasteiger charge is -2.35. The molecular formula is C19H32N4O3. The summed E-state index contributed by atoms with van der Waals surface area (Å²) in [5, 5.41) is 16.5. The van der Waals surface area contributed by atoms with Gasteiger partial charge in [0.15, 0.2) is 11.5 Å². The Labute approximate surface area is 155 Å². The third-order valence-corrected chi connectivity index (χ3v) is 5.56. The Balaban J connectivity index is 1.44. The fraction of sp³-hybridized carbons (Fsp3) is 0.789. The smallest absolute Gasteiger partial charge is 0.273 e. The number of rotatable bonds is 6. The molecule has 1 aromatic rings. The van der Waals surface area contributed by atoms with E-state index in [4.69, 9.17) is 4.52 Å². The van der Waals surface area contributed by atoms with Crippen molar-refractivity contribution in [3.63, 3.8) is 0 Å². The molecule has 0 bridgehead atoms. The topological polar surface area (TPSA) is 81.8 Å². The SMILES string of the molecule is CC(C)N1CCC[C@H](CNC(=O)c2cc(CN3CCC(O)CC3)on2)C1. The first-order chi connectivity index (χ1) is 12.5. The average Bonchev–Trinajstić information content (AvgIpc) is 3.10. The number of nitrogens with one attached hydrogen (secondary N) is 1. The van der Waals surface area contributed by atoms with Crippen LogP contribution in [0.25, 0.3) is 0 Å². The lowest BCUT2D eigenvalue weighted by molar-refractivity contribution is 0.0748. The van der Waals surface area contributed by atoms with Gasteiger partial charge < -0.3 is 19.8 Å². The van der Waals surface area contributed by atoms with Crippen LogP contribution in [0.1, 0.15) is 55.8 Å². The van der Waals surface area contributed by atoms with Crippen LogP contribution in [0.5, 0.6) is 0 Å². The summed E-state index contributed by atoms with van der Waals surface area (Å²) in [6.45, 7) is 9.66. The number of carbonyl (C=O) groups excluding carboxylic acids is 1. The summed E-state index contributed by atoms with van der Waals surface area (Å²) in [6, 6.07) is 2.30. The monoisotopic (exact) mass is 364 g/mol. The van der Waals surface area contributed by atoms with Gasteiger partial charge in [-0.1, -0.05) is 5.16 Å². The van der Waals surface area contributed by atoms with Crippen LogP contribution in [0, 0.1) is 5.92 Å². The molecule has 1 amide bonds. The third kappa shape index (κ3) is 5.28. The van der Waals surface area contributed by atoms with Crippen LogP contribution in [0.15, 0.2) is 10.6 Å². The summed E-state index contributed by atoms with van der Waals surface area (Å²) in [4.78, 5) is 17.1. The van der Waals surface area contributed by atoms with Gasteiger partial charge >= 0.3 is 0 Å². The molecule has 2 saturated heterocycles. The van der Waals surface area contributed by atoms with Gasteiger partial charge in [0.1, 0.15) is 0 Å². The molecule has 2 aliphatic heterocycles. The highest BCUT2D eigenvalue weighted by molar-refractivity contribution is 5.92. The molecule has 0 radical (unpaired) electrons. The molecule has 0 saturated carbocycles. The molecule has 2 aliphatic rings. The van der Waals surface area contributed by atoms with Gasteiger partial charge in [0, 0.05) is 38.3 Å². The minimum absolute atomic E-state index is 0.157. The Kier molecular flexibility index (Phi) is 6.67. The van der Waals surface area contributed by atoms with Crippen LogP contribution in [-0.2, 0) is 6.54 Å². The largest absolute Gasteiger partial charge is 0.393 e. The van der Waals surface area contributed by atoms with Gasteiger partial charge in [-0.3, -0.25) is 9.69 Å². The van der Waals surface area contributed by atoms with E-state index in [1.165, 1.54) is 6.42 Å². The zero-order valence-electron chi connectivity index (χ0n) is 16.0. The van der Waals surface area contributed by atoms with Crippen LogP contribution >= 0.6 is 0 Å². The summed E-state index contributed by atoms with van der Waals surface area (Å²) < 4.78 is 5.33. The van der Waals surface area contributed by atoms with E-state index < -0.39 is 0 Å². The first kappa shape index (κ1) is 19.3. The molecule has 7 heteroatoms. The number of carbonyl (C=O) groups is 1. The van der Waals surface area contributed by atoms with Gasteiger partial charge in [-0.15, -0.1) is 0 Å². The second-order valence-electron chi connectivity index (χ2n) is 7.99. The van der Waals surface area contributed by atoms with Crippen molar-refractivity contribution in [3.05, 3.63) is 17.5 Å². The van der Waals surface area contributed by atoms with Crippen molar-refractivity contribution in [2.24, 2.45) is 5.92 Å². The van der Waals surface area contributed by atoms with Crippen molar-refractivity contribution in [2.75, 3.05) is 32.7 Å². The lowest BCUT2D eigenvalue weighted by Crippen LogP contribution is -2.43. The Morgan fingerprint density at radius 3 is 2.85 bits per heavy atom. The molecule has 0 aliphatic carbocycles. The summed E-state index contributed by atoms with van der Waals surface area (Å²) in [5.74, 6) is 1.05. The van der Waals surface area contributed by atoms with Crippen molar-refractivity contribution in [1.29, 1.82) is 0 Å². The number of hydrogen-bond acceptors (Lipinski definition) is 6. The number of aromatic nitrogens is 1. The molecule has 2 N–H and O–H groups in total. The molecule has 0 aromatic carbocycles. The molecule has 0 unspecified atom stereocenters. The first-order valence-corrected chi connectivity index (χ1v) is 9.89. The van der Waals surface area contributed by atoms with Crippen molar-refractivity contribution >= 4 is 5.91 Å². The maximum absolute atomic E-state index is 12.4. The Morgan fingerprint density at radius 2 is 2.12 bits per heavy atom. The van der Waals surface area contributed by atoms with Crippen molar-refractivity contribution in [3.8, 4) is 0 Å². The Hall–Kier alpha value is -1.44. The third-order valence-electron chi connectivity index (χ3n) is 5.56. The molecule has 3 rings (SSSR count). The van der Waals surface area contributed by atoms with Gasteiger partial charge in [0.25, 0.3) is 5.91 Å². The zero-order chi connectivity index (χ0) is 18.5. The van der Waals surface area contributed by atoms with Crippen LogP contribution in [0.2, 0.25) is 0 Å². The van der Waals surface area contributed by atoms with E-state index in [1.54, 1.807) is 6.07 Å². The van der Waals surface area contributed by atoms with Crippen LogP contribution in [0.3, 0.4) is 0 Å². The molecular weight excluding hydrogens is 332 g/mol. The minimum Gasteiger partial charge on any atom is -0.393 e. The number of amides is 1.